The standard InChI is InChI=1S/C19H16N4OS2/c1-13-7-9-14(10-8-13)17-22-23-19(24-17)26-12-16-11-25-18(21-16)20-15-5-3-2-4-6-15/h2-11H,12H2,1H3,(H,20,21). The number of thiazole rings is 1. The number of hydrogen-bond donors (Lipinski definition) is 1. The highest BCUT2D eigenvalue weighted by Gasteiger charge is 2.10. The summed E-state index contributed by atoms with van der Waals surface area (Å²) >= 11 is 3.07. The van der Waals surface area contributed by atoms with Gasteiger partial charge in [0.1, 0.15) is 0 Å². The molecule has 4 rings (SSSR count). The maximum Gasteiger partial charge on any atom is 0.277 e. The molecule has 2 aromatic heterocycles. The average Bonchev–Trinajstić information content (AvgIpc) is 3.31. The van der Waals surface area contributed by atoms with Crippen molar-refractivity contribution in [1.82, 2.24) is 15.2 Å². The van der Waals surface area contributed by atoms with Gasteiger partial charge in [-0.25, -0.2) is 4.98 Å². The van der Waals surface area contributed by atoms with Gasteiger partial charge in [0.05, 0.1) is 5.69 Å². The molecule has 0 aliphatic rings. The summed E-state index contributed by atoms with van der Waals surface area (Å²) in [6.45, 7) is 2.05. The highest BCUT2D eigenvalue weighted by Crippen LogP contribution is 2.28. The van der Waals surface area contributed by atoms with Crippen LogP contribution in [0.25, 0.3) is 11.5 Å². The van der Waals surface area contributed by atoms with Crippen LogP contribution in [0.1, 0.15) is 11.3 Å². The second-order valence-electron chi connectivity index (χ2n) is 5.66. The van der Waals surface area contributed by atoms with E-state index in [1.54, 1.807) is 11.3 Å². The number of aryl methyl sites for hydroxylation is 1. The Hall–Kier alpha value is -2.64. The number of nitrogens with zero attached hydrogens (tertiary/aromatic N) is 3. The summed E-state index contributed by atoms with van der Waals surface area (Å²) in [6.07, 6.45) is 0. The summed E-state index contributed by atoms with van der Waals surface area (Å²) < 4.78 is 5.73. The summed E-state index contributed by atoms with van der Waals surface area (Å²) in [6, 6.07) is 18.0. The molecular formula is C19H16N4OS2. The molecule has 0 radical (unpaired) electrons. The van der Waals surface area contributed by atoms with Crippen LogP contribution in [0.2, 0.25) is 0 Å². The molecule has 5 nitrogen and oxygen atoms in total. The fraction of sp³-hybridized carbons (Fsp3) is 0.105. The van der Waals surface area contributed by atoms with Crippen molar-refractivity contribution in [1.29, 1.82) is 0 Å². The molecule has 2 aromatic carbocycles. The number of hydrogen-bond acceptors (Lipinski definition) is 7. The van der Waals surface area contributed by atoms with Gasteiger partial charge in [-0.15, -0.1) is 21.5 Å². The molecular weight excluding hydrogens is 364 g/mol. The van der Waals surface area contributed by atoms with Crippen molar-refractivity contribution in [3.8, 4) is 11.5 Å². The summed E-state index contributed by atoms with van der Waals surface area (Å²) in [5.74, 6) is 1.22. The first-order valence-electron chi connectivity index (χ1n) is 8.06. The number of aromatic nitrogens is 3. The number of thioether (sulfide) groups is 1. The molecule has 2 heterocycles. The van der Waals surface area contributed by atoms with Crippen molar-refractivity contribution >= 4 is 33.9 Å². The van der Waals surface area contributed by atoms with Gasteiger partial charge in [-0.3, -0.25) is 0 Å². The number of para-hydroxylation sites is 1. The van der Waals surface area contributed by atoms with Gasteiger partial charge in [-0.05, 0) is 31.2 Å². The Morgan fingerprint density at radius 3 is 2.65 bits per heavy atom. The third-order valence-electron chi connectivity index (χ3n) is 3.63. The van der Waals surface area contributed by atoms with Crippen LogP contribution in [-0.2, 0) is 5.75 Å². The predicted molar refractivity (Wildman–Crippen MR) is 106 cm³/mol. The van der Waals surface area contributed by atoms with E-state index in [4.69, 9.17) is 4.42 Å². The minimum absolute atomic E-state index is 0.539. The van der Waals surface area contributed by atoms with Crippen molar-refractivity contribution in [3.63, 3.8) is 0 Å². The van der Waals surface area contributed by atoms with E-state index >= 15 is 0 Å². The first-order valence-corrected chi connectivity index (χ1v) is 9.92. The highest BCUT2D eigenvalue weighted by atomic mass is 32.2. The maximum atomic E-state index is 5.73. The second kappa shape index (κ2) is 7.72. The van der Waals surface area contributed by atoms with Crippen LogP contribution < -0.4 is 5.32 Å². The van der Waals surface area contributed by atoms with Crippen molar-refractivity contribution in [2.24, 2.45) is 0 Å². The van der Waals surface area contributed by atoms with Crippen molar-refractivity contribution in [3.05, 3.63) is 71.2 Å². The summed E-state index contributed by atoms with van der Waals surface area (Å²) in [5.41, 5.74) is 4.14. The van der Waals surface area contributed by atoms with Gasteiger partial charge in [0.2, 0.25) is 5.89 Å². The summed E-state index contributed by atoms with van der Waals surface area (Å²) in [5, 5.41) is 15.0. The largest absolute Gasteiger partial charge is 0.411 e. The van der Waals surface area contributed by atoms with Crippen LogP contribution in [0.4, 0.5) is 10.8 Å². The van der Waals surface area contributed by atoms with Crippen LogP contribution in [0, 0.1) is 6.92 Å². The van der Waals surface area contributed by atoms with Crippen molar-refractivity contribution < 1.29 is 4.42 Å². The zero-order chi connectivity index (χ0) is 17.8. The smallest absolute Gasteiger partial charge is 0.277 e. The minimum atomic E-state index is 0.539. The fourth-order valence-corrected chi connectivity index (χ4v) is 3.78. The molecule has 1 N–H and O–H groups in total. The summed E-state index contributed by atoms with van der Waals surface area (Å²) in [4.78, 5) is 4.59. The van der Waals surface area contributed by atoms with Gasteiger partial charge in [0.25, 0.3) is 5.22 Å². The Kier molecular flexibility index (Phi) is 4.99. The molecule has 0 saturated heterocycles. The molecule has 0 saturated carbocycles. The molecule has 0 atom stereocenters. The van der Waals surface area contributed by atoms with Crippen LogP contribution >= 0.6 is 23.1 Å². The van der Waals surface area contributed by atoms with E-state index < -0.39 is 0 Å². The monoisotopic (exact) mass is 380 g/mol. The molecule has 0 amide bonds. The van der Waals surface area contributed by atoms with Crippen LogP contribution in [-0.4, -0.2) is 15.2 Å². The third-order valence-corrected chi connectivity index (χ3v) is 5.28. The lowest BCUT2D eigenvalue weighted by atomic mass is 10.1. The van der Waals surface area contributed by atoms with E-state index in [0.717, 1.165) is 22.1 Å². The Labute approximate surface area is 159 Å². The quantitative estimate of drug-likeness (QED) is 0.443. The third kappa shape index (κ3) is 4.12. The zero-order valence-corrected chi connectivity index (χ0v) is 15.7. The van der Waals surface area contributed by atoms with E-state index in [1.807, 2.05) is 66.9 Å². The lowest BCUT2D eigenvalue weighted by molar-refractivity contribution is 0.466. The van der Waals surface area contributed by atoms with Gasteiger partial charge in [0.15, 0.2) is 5.13 Å². The lowest BCUT2D eigenvalue weighted by Gasteiger charge is -2.00. The second-order valence-corrected chi connectivity index (χ2v) is 7.45. The van der Waals surface area contributed by atoms with Gasteiger partial charge in [0, 0.05) is 22.4 Å². The first-order chi connectivity index (χ1) is 12.8. The molecule has 0 spiro atoms. The Balaban J connectivity index is 1.37. The molecule has 7 heteroatoms. The number of rotatable bonds is 6. The molecule has 26 heavy (non-hydrogen) atoms. The van der Waals surface area contributed by atoms with Crippen molar-refractivity contribution in [2.45, 2.75) is 17.9 Å². The number of benzene rings is 2. The van der Waals surface area contributed by atoms with Crippen LogP contribution in [0.5, 0.6) is 0 Å². The SMILES string of the molecule is Cc1ccc(-c2nnc(SCc3csc(Nc4ccccc4)n3)o2)cc1. The van der Waals surface area contributed by atoms with E-state index in [9.17, 15) is 0 Å². The fourth-order valence-electron chi connectivity index (χ4n) is 2.29. The molecule has 0 fully saturated rings. The van der Waals surface area contributed by atoms with E-state index in [0.29, 0.717) is 16.9 Å². The highest BCUT2D eigenvalue weighted by molar-refractivity contribution is 7.98. The normalized spacial score (nSPS) is 10.8. The Morgan fingerprint density at radius 2 is 1.85 bits per heavy atom. The first kappa shape index (κ1) is 16.8. The Morgan fingerprint density at radius 1 is 1.04 bits per heavy atom. The maximum absolute atomic E-state index is 5.73. The van der Waals surface area contributed by atoms with Crippen LogP contribution in [0.3, 0.4) is 0 Å². The van der Waals surface area contributed by atoms with Gasteiger partial charge >= 0.3 is 0 Å². The van der Waals surface area contributed by atoms with E-state index in [-0.39, 0.29) is 0 Å². The van der Waals surface area contributed by atoms with Crippen LogP contribution in [0.15, 0.2) is 69.6 Å². The van der Waals surface area contributed by atoms with Gasteiger partial charge in [-0.1, -0.05) is 47.7 Å². The van der Waals surface area contributed by atoms with Gasteiger partial charge < -0.3 is 9.73 Å². The molecule has 130 valence electrons. The number of anilines is 2. The minimum Gasteiger partial charge on any atom is -0.411 e. The lowest BCUT2D eigenvalue weighted by Crippen LogP contribution is -1.89. The molecule has 0 unspecified atom stereocenters. The molecule has 4 aromatic rings. The van der Waals surface area contributed by atoms with E-state index in [1.165, 1.54) is 17.3 Å². The van der Waals surface area contributed by atoms with Crippen molar-refractivity contribution in [2.75, 3.05) is 5.32 Å². The molecule has 0 aliphatic heterocycles. The number of nitrogens with one attached hydrogen (secondary N) is 1. The Bertz CT molecular complexity index is 980. The summed E-state index contributed by atoms with van der Waals surface area (Å²) in [7, 11) is 0. The van der Waals surface area contributed by atoms with E-state index in [2.05, 4.69) is 20.5 Å². The predicted octanol–water partition coefficient (Wildman–Crippen LogP) is 5.54. The molecule has 0 aliphatic carbocycles. The zero-order valence-electron chi connectivity index (χ0n) is 14.0. The molecule has 0 bridgehead atoms. The topological polar surface area (TPSA) is 63.8 Å². The average molecular weight is 380 g/mol. The van der Waals surface area contributed by atoms with Gasteiger partial charge in [-0.2, -0.15) is 0 Å².